The minimum Gasteiger partial charge on any atom is -0.342 e. The molecule has 5 aromatic rings. The molecule has 0 aliphatic carbocycles. The Morgan fingerprint density at radius 3 is 2.28 bits per heavy atom. The number of nitrogens with one attached hydrogen (secondary N) is 1. The van der Waals surface area contributed by atoms with Gasteiger partial charge >= 0.3 is 6.55 Å². The van der Waals surface area contributed by atoms with E-state index in [9.17, 15) is 13.6 Å². The van der Waals surface area contributed by atoms with Crippen molar-refractivity contribution in [3.8, 4) is 5.69 Å². The number of carbonyl (C=O) groups is 1. The quantitative estimate of drug-likeness (QED) is 0.413. The maximum Gasteiger partial charge on any atom is 0.320 e. The molecule has 5 rings (SSSR count). The van der Waals surface area contributed by atoms with Crippen molar-refractivity contribution < 1.29 is 13.6 Å². The van der Waals surface area contributed by atoms with Crippen LogP contribution < -0.4 is 5.32 Å². The summed E-state index contributed by atoms with van der Waals surface area (Å²) in [7, 11) is 0. The topological polar surface area (TPSA) is 64.7 Å². The zero-order chi connectivity index (χ0) is 22.2. The normalized spacial score (nSPS) is 12.5. The minimum absolute atomic E-state index is 0.107. The van der Waals surface area contributed by atoms with Crippen LogP contribution in [0.1, 0.15) is 35.7 Å². The molecule has 2 heterocycles. The zero-order valence-corrected chi connectivity index (χ0v) is 17.1. The first-order valence-electron chi connectivity index (χ1n) is 10.1. The highest BCUT2D eigenvalue weighted by molar-refractivity contribution is 5.94. The van der Waals surface area contributed by atoms with Crippen molar-refractivity contribution in [1.82, 2.24) is 24.4 Å². The average Bonchev–Trinajstić information content (AvgIpc) is 3.41. The number of rotatable bonds is 5. The predicted molar refractivity (Wildman–Crippen MR) is 118 cm³/mol. The summed E-state index contributed by atoms with van der Waals surface area (Å²) >= 11 is 0. The number of imidazole rings is 2. The summed E-state index contributed by atoms with van der Waals surface area (Å²) in [6.45, 7) is -1.12. The van der Waals surface area contributed by atoms with E-state index < -0.39 is 12.6 Å². The zero-order valence-electron chi connectivity index (χ0n) is 17.1. The Kier molecular flexibility index (Phi) is 4.89. The van der Waals surface area contributed by atoms with E-state index >= 15 is 0 Å². The summed E-state index contributed by atoms with van der Waals surface area (Å²) in [5.41, 5.74) is 3.91. The van der Waals surface area contributed by atoms with Gasteiger partial charge in [-0.05, 0) is 55.5 Å². The molecular formula is C24H19F2N5O. The van der Waals surface area contributed by atoms with Crippen LogP contribution in [0.5, 0.6) is 0 Å². The van der Waals surface area contributed by atoms with Gasteiger partial charge < -0.3 is 5.32 Å². The number of nitrogens with zero attached hydrogens (tertiary/aromatic N) is 4. The molecule has 2 aromatic heterocycles. The number of alkyl halides is 2. The number of benzene rings is 3. The molecule has 0 aliphatic rings. The second-order valence-corrected chi connectivity index (χ2v) is 7.45. The second kappa shape index (κ2) is 7.88. The molecule has 1 atom stereocenters. The van der Waals surface area contributed by atoms with Gasteiger partial charge in [-0.25, -0.2) is 9.97 Å². The number of hydrogen-bond acceptors (Lipinski definition) is 3. The van der Waals surface area contributed by atoms with Crippen molar-refractivity contribution >= 4 is 28.0 Å². The molecule has 32 heavy (non-hydrogen) atoms. The maximum absolute atomic E-state index is 13.7. The van der Waals surface area contributed by atoms with Crippen LogP contribution >= 0.6 is 0 Å². The summed E-state index contributed by atoms with van der Waals surface area (Å²) in [4.78, 5) is 21.5. The van der Waals surface area contributed by atoms with Gasteiger partial charge in [-0.2, -0.15) is 8.78 Å². The van der Waals surface area contributed by atoms with Crippen molar-refractivity contribution in [3.63, 3.8) is 0 Å². The number of amides is 1. The summed E-state index contributed by atoms with van der Waals surface area (Å²) in [6.07, 6.45) is 1.73. The van der Waals surface area contributed by atoms with E-state index in [2.05, 4.69) is 15.3 Å². The van der Waals surface area contributed by atoms with Crippen LogP contribution in [0, 0.1) is 0 Å². The fraction of sp³-hybridized carbons (Fsp3) is 0.125. The average molecular weight is 431 g/mol. The lowest BCUT2D eigenvalue weighted by Gasteiger charge is -2.16. The SMILES string of the molecule is CC(NC(=O)c1ccc(-n2cnc3ccccc32)cc1)c1nc2ccccc2n1C(F)F. The molecule has 1 unspecified atom stereocenters. The van der Waals surface area contributed by atoms with Gasteiger partial charge in [0.05, 0.1) is 28.1 Å². The molecule has 0 aliphatic heterocycles. The van der Waals surface area contributed by atoms with Crippen molar-refractivity contribution in [1.29, 1.82) is 0 Å². The number of carbonyl (C=O) groups excluding carboxylic acids is 1. The first-order valence-corrected chi connectivity index (χ1v) is 10.1. The van der Waals surface area contributed by atoms with Gasteiger partial charge in [-0.3, -0.25) is 13.9 Å². The smallest absolute Gasteiger partial charge is 0.320 e. The van der Waals surface area contributed by atoms with E-state index in [4.69, 9.17) is 0 Å². The number of halogens is 2. The molecule has 0 saturated heterocycles. The molecule has 0 fully saturated rings. The van der Waals surface area contributed by atoms with Crippen LogP contribution in [-0.2, 0) is 0 Å². The van der Waals surface area contributed by atoms with Gasteiger partial charge in [0.1, 0.15) is 12.2 Å². The van der Waals surface area contributed by atoms with E-state index in [0.29, 0.717) is 16.6 Å². The number of para-hydroxylation sites is 4. The van der Waals surface area contributed by atoms with Crippen LogP contribution in [0.4, 0.5) is 8.78 Å². The van der Waals surface area contributed by atoms with Gasteiger partial charge in [0, 0.05) is 11.3 Å². The molecular weight excluding hydrogens is 412 g/mol. The highest BCUT2D eigenvalue weighted by Crippen LogP contribution is 2.27. The first kappa shape index (κ1) is 19.9. The van der Waals surface area contributed by atoms with Gasteiger partial charge in [0.25, 0.3) is 5.91 Å². The third-order valence-corrected chi connectivity index (χ3v) is 5.41. The van der Waals surface area contributed by atoms with Gasteiger partial charge in [0.15, 0.2) is 0 Å². The lowest BCUT2D eigenvalue weighted by molar-refractivity contribution is 0.0688. The van der Waals surface area contributed by atoms with E-state index in [-0.39, 0.29) is 11.7 Å². The Labute approximate surface area is 182 Å². The minimum atomic E-state index is -2.76. The third-order valence-electron chi connectivity index (χ3n) is 5.41. The molecule has 1 amide bonds. The molecule has 8 heteroatoms. The number of fused-ring (bicyclic) bond motifs is 2. The highest BCUT2D eigenvalue weighted by Gasteiger charge is 2.23. The summed E-state index contributed by atoms with van der Waals surface area (Å²) in [5, 5.41) is 2.78. The van der Waals surface area contributed by atoms with Crippen LogP contribution in [0.15, 0.2) is 79.1 Å². The summed E-state index contributed by atoms with van der Waals surface area (Å²) in [5.74, 6) is -0.261. The van der Waals surface area contributed by atoms with E-state index in [1.807, 2.05) is 41.0 Å². The molecule has 0 spiro atoms. The Bertz CT molecular complexity index is 1420. The van der Waals surface area contributed by atoms with E-state index in [1.54, 1.807) is 49.6 Å². The lowest BCUT2D eigenvalue weighted by Crippen LogP contribution is -2.28. The number of hydrogen-bond donors (Lipinski definition) is 1. The molecule has 0 saturated carbocycles. The van der Waals surface area contributed by atoms with E-state index in [1.165, 1.54) is 0 Å². The summed E-state index contributed by atoms with van der Waals surface area (Å²) in [6, 6.07) is 20.8. The Morgan fingerprint density at radius 1 is 0.906 bits per heavy atom. The van der Waals surface area contributed by atoms with Crippen LogP contribution in [0.2, 0.25) is 0 Å². The van der Waals surface area contributed by atoms with Gasteiger partial charge in [-0.1, -0.05) is 24.3 Å². The Morgan fingerprint density at radius 2 is 1.56 bits per heavy atom. The molecule has 1 N–H and O–H groups in total. The monoisotopic (exact) mass is 431 g/mol. The maximum atomic E-state index is 13.7. The Balaban J connectivity index is 1.38. The molecule has 0 radical (unpaired) electrons. The largest absolute Gasteiger partial charge is 0.342 e. The highest BCUT2D eigenvalue weighted by atomic mass is 19.3. The van der Waals surface area contributed by atoms with Gasteiger partial charge in [-0.15, -0.1) is 0 Å². The lowest BCUT2D eigenvalue weighted by atomic mass is 10.1. The predicted octanol–water partition coefficient (Wildman–Crippen LogP) is 5.26. The van der Waals surface area contributed by atoms with Crippen molar-refractivity contribution in [2.24, 2.45) is 0 Å². The first-order chi connectivity index (χ1) is 15.5. The number of aromatic nitrogens is 4. The van der Waals surface area contributed by atoms with Crippen LogP contribution in [0.3, 0.4) is 0 Å². The van der Waals surface area contributed by atoms with Crippen LogP contribution in [-0.4, -0.2) is 25.0 Å². The summed E-state index contributed by atoms with van der Waals surface area (Å²) < 4.78 is 30.2. The fourth-order valence-corrected chi connectivity index (χ4v) is 3.86. The van der Waals surface area contributed by atoms with Gasteiger partial charge in [0.2, 0.25) is 0 Å². The van der Waals surface area contributed by atoms with E-state index in [0.717, 1.165) is 21.3 Å². The van der Waals surface area contributed by atoms with Crippen molar-refractivity contribution in [2.75, 3.05) is 0 Å². The van der Waals surface area contributed by atoms with Crippen molar-refractivity contribution in [2.45, 2.75) is 19.5 Å². The molecule has 3 aromatic carbocycles. The molecule has 0 bridgehead atoms. The standard InChI is InChI=1S/C24H19F2N5O/c1-15(22-29-19-7-3-5-9-21(19)31(22)24(25)26)28-23(32)16-10-12-17(13-11-16)30-14-27-18-6-2-4-8-20(18)30/h2-15,24H,1H3,(H,28,32). The second-order valence-electron chi connectivity index (χ2n) is 7.45. The molecule has 6 nitrogen and oxygen atoms in total. The third kappa shape index (κ3) is 3.39. The molecule has 160 valence electrons. The van der Waals surface area contributed by atoms with Crippen LogP contribution in [0.25, 0.3) is 27.8 Å². The fourth-order valence-electron chi connectivity index (χ4n) is 3.86. The van der Waals surface area contributed by atoms with Crippen molar-refractivity contribution in [3.05, 3.63) is 90.5 Å². The Hall–Kier alpha value is -4.07.